The van der Waals surface area contributed by atoms with Crippen molar-refractivity contribution in [2.75, 3.05) is 11.9 Å². The van der Waals surface area contributed by atoms with Gasteiger partial charge in [0.1, 0.15) is 11.2 Å². The van der Waals surface area contributed by atoms with Crippen molar-refractivity contribution in [3.05, 3.63) is 41.8 Å². The maximum Gasteiger partial charge on any atom is 0.408 e. The maximum atomic E-state index is 13.0. The molecule has 2 N–H and O–H groups in total. The number of hydrogen-bond donors (Lipinski definition) is 2. The number of rotatable bonds is 5. The number of nitrogens with one attached hydrogen (secondary N) is 1. The molecule has 118 valence electrons. The fourth-order valence-electron chi connectivity index (χ4n) is 1.91. The van der Waals surface area contributed by atoms with E-state index < -0.39 is 25.2 Å². The van der Waals surface area contributed by atoms with Crippen LogP contribution in [-0.4, -0.2) is 33.9 Å². The van der Waals surface area contributed by atoms with Crippen molar-refractivity contribution in [3.63, 3.8) is 0 Å². The van der Waals surface area contributed by atoms with Crippen LogP contribution in [0.2, 0.25) is 5.15 Å². The first-order valence-corrected chi connectivity index (χ1v) is 6.80. The Balaban J connectivity index is 2.39. The van der Waals surface area contributed by atoms with Gasteiger partial charge in [-0.2, -0.15) is 13.2 Å². The molecule has 0 aromatic carbocycles. The Bertz CT molecular complexity index is 622. The molecule has 0 amide bonds. The second kappa shape index (κ2) is 6.93. The van der Waals surface area contributed by atoms with Crippen LogP contribution in [0.4, 0.5) is 18.9 Å². The minimum absolute atomic E-state index is 0.0621. The Morgan fingerprint density at radius 1 is 1.27 bits per heavy atom. The van der Waals surface area contributed by atoms with Gasteiger partial charge in [0.2, 0.25) is 0 Å². The molecule has 2 aromatic heterocycles. The molecule has 0 bridgehead atoms. The average Bonchev–Trinajstić information content (AvgIpc) is 2.47. The van der Waals surface area contributed by atoms with Gasteiger partial charge in [-0.1, -0.05) is 17.7 Å². The fraction of sp³-hybridized carbons (Fsp3) is 0.286. The molecule has 22 heavy (non-hydrogen) atoms. The van der Waals surface area contributed by atoms with Gasteiger partial charge in [0, 0.05) is 30.3 Å². The summed E-state index contributed by atoms with van der Waals surface area (Å²) in [5, 5.41) is 11.3. The summed E-state index contributed by atoms with van der Waals surface area (Å²) in [7, 11) is 0. The first kappa shape index (κ1) is 16.5. The lowest BCUT2D eigenvalue weighted by molar-refractivity contribution is -0.145. The molecule has 0 radical (unpaired) electrons. The summed E-state index contributed by atoms with van der Waals surface area (Å²) < 4.78 is 39.0. The number of aliphatic hydroxyl groups is 1. The Morgan fingerprint density at radius 3 is 2.64 bits per heavy atom. The van der Waals surface area contributed by atoms with Crippen LogP contribution in [0, 0.1) is 0 Å². The van der Waals surface area contributed by atoms with E-state index >= 15 is 0 Å². The number of alkyl halides is 3. The van der Waals surface area contributed by atoms with Crippen LogP contribution >= 0.6 is 11.6 Å². The van der Waals surface area contributed by atoms with Gasteiger partial charge >= 0.3 is 6.18 Å². The Hall–Kier alpha value is -1.86. The van der Waals surface area contributed by atoms with Crippen molar-refractivity contribution < 1.29 is 18.3 Å². The molecule has 0 aliphatic carbocycles. The molecule has 2 rings (SSSR count). The van der Waals surface area contributed by atoms with Crippen molar-refractivity contribution in [1.29, 1.82) is 0 Å². The number of anilines is 1. The molecule has 2 aromatic rings. The molecule has 2 heterocycles. The van der Waals surface area contributed by atoms with Gasteiger partial charge in [-0.15, -0.1) is 0 Å². The Labute approximate surface area is 130 Å². The van der Waals surface area contributed by atoms with E-state index in [9.17, 15) is 13.2 Å². The number of halogens is 4. The lowest BCUT2D eigenvalue weighted by atomic mass is 10.1. The summed E-state index contributed by atoms with van der Waals surface area (Å²) >= 11 is 5.78. The van der Waals surface area contributed by atoms with Crippen molar-refractivity contribution in [2.45, 2.75) is 18.6 Å². The summed E-state index contributed by atoms with van der Waals surface area (Å²) in [4.78, 5) is 7.99. The first-order valence-electron chi connectivity index (χ1n) is 6.43. The van der Waals surface area contributed by atoms with E-state index in [-0.39, 0.29) is 10.8 Å². The van der Waals surface area contributed by atoms with Gasteiger partial charge < -0.3 is 10.4 Å². The Morgan fingerprint density at radius 2 is 2.05 bits per heavy atom. The predicted octanol–water partition coefficient (Wildman–Crippen LogP) is 3.52. The third kappa shape index (κ3) is 4.08. The number of nitrogens with zero attached hydrogens (tertiary/aromatic N) is 2. The molecule has 1 unspecified atom stereocenters. The molecule has 0 aliphatic rings. The normalized spacial score (nSPS) is 13.0. The van der Waals surface area contributed by atoms with E-state index in [0.29, 0.717) is 11.3 Å². The van der Waals surface area contributed by atoms with Crippen molar-refractivity contribution in [2.24, 2.45) is 0 Å². The summed E-state index contributed by atoms with van der Waals surface area (Å²) in [5.41, 5.74) is 1.03. The monoisotopic (exact) mass is 331 g/mol. The highest BCUT2D eigenvalue weighted by Gasteiger charge is 2.39. The maximum absolute atomic E-state index is 13.0. The smallest absolute Gasteiger partial charge is 0.396 e. The molecule has 0 saturated carbocycles. The van der Waals surface area contributed by atoms with Crippen LogP contribution < -0.4 is 5.32 Å². The van der Waals surface area contributed by atoms with E-state index in [2.05, 4.69) is 15.3 Å². The number of aromatic nitrogens is 2. The first-order chi connectivity index (χ1) is 10.4. The van der Waals surface area contributed by atoms with E-state index in [4.69, 9.17) is 16.7 Å². The third-order valence-electron chi connectivity index (χ3n) is 2.95. The number of pyridine rings is 2. The quantitative estimate of drug-likeness (QED) is 0.823. The third-order valence-corrected chi connectivity index (χ3v) is 3.16. The zero-order chi connectivity index (χ0) is 16.2. The van der Waals surface area contributed by atoms with E-state index in [0.717, 1.165) is 0 Å². The predicted molar refractivity (Wildman–Crippen MR) is 77.6 cm³/mol. The molecule has 0 spiro atoms. The largest absolute Gasteiger partial charge is 0.408 e. The standard InChI is InChI=1S/C14H13ClF3N3O/c15-13-7-11(21-12(4-6-22)14(16,17)18)9(8-20-13)10-3-1-2-5-19-10/h1-3,5,7-8,12,22H,4,6H2,(H,20,21). The number of hydrogen-bond acceptors (Lipinski definition) is 4. The van der Waals surface area contributed by atoms with Crippen LogP contribution in [-0.2, 0) is 0 Å². The molecule has 0 aliphatic heterocycles. The van der Waals surface area contributed by atoms with Crippen molar-refractivity contribution >= 4 is 17.3 Å². The molecule has 1 atom stereocenters. The van der Waals surface area contributed by atoms with Crippen molar-refractivity contribution in [3.8, 4) is 11.3 Å². The summed E-state index contributed by atoms with van der Waals surface area (Å²) in [6, 6.07) is 4.49. The van der Waals surface area contributed by atoms with Crippen LogP contribution in [0.25, 0.3) is 11.3 Å². The highest BCUT2D eigenvalue weighted by atomic mass is 35.5. The van der Waals surface area contributed by atoms with Crippen LogP contribution in [0.5, 0.6) is 0 Å². The van der Waals surface area contributed by atoms with Gasteiger partial charge in [-0.05, 0) is 24.6 Å². The minimum atomic E-state index is -4.50. The fourth-order valence-corrected chi connectivity index (χ4v) is 2.07. The van der Waals surface area contributed by atoms with E-state index in [1.807, 2.05) is 0 Å². The molecule has 8 heteroatoms. The van der Waals surface area contributed by atoms with E-state index in [1.165, 1.54) is 18.5 Å². The van der Waals surface area contributed by atoms with Gasteiger partial charge in [-0.3, -0.25) is 4.98 Å². The van der Waals surface area contributed by atoms with Gasteiger partial charge in [-0.25, -0.2) is 4.98 Å². The van der Waals surface area contributed by atoms with Crippen LogP contribution in [0.15, 0.2) is 36.7 Å². The zero-order valence-corrected chi connectivity index (χ0v) is 12.1. The topological polar surface area (TPSA) is 58.0 Å². The highest BCUT2D eigenvalue weighted by Crippen LogP contribution is 2.32. The second-order valence-corrected chi connectivity index (χ2v) is 4.91. The summed E-state index contributed by atoms with van der Waals surface area (Å²) in [5.74, 6) is 0. The lowest BCUT2D eigenvalue weighted by Crippen LogP contribution is -2.37. The minimum Gasteiger partial charge on any atom is -0.396 e. The summed E-state index contributed by atoms with van der Waals surface area (Å²) in [6.45, 7) is -0.588. The molecular weight excluding hydrogens is 319 g/mol. The van der Waals surface area contributed by atoms with Gasteiger partial charge in [0.25, 0.3) is 0 Å². The van der Waals surface area contributed by atoms with Gasteiger partial charge in [0.05, 0.1) is 5.69 Å². The van der Waals surface area contributed by atoms with Gasteiger partial charge in [0.15, 0.2) is 0 Å². The van der Waals surface area contributed by atoms with E-state index in [1.54, 1.807) is 18.2 Å². The second-order valence-electron chi connectivity index (χ2n) is 4.52. The van der Waals surface area contributed by atoms with Crippen LogP contribution in [0.3, 0.4) is 0 Å². The number of aliphatic hydroxyl groups excluding tert-OH is 1. The van der Waals surface area contributed by atoms with Crippen molar-refractivity contribution in [1.82, 2.24) is 9.97 Å². The lowest BCUT2D eigenvalue weighted by Gasteiger charge is -2.23. The highest BCUT2D eigenvalue weighted by molar-refractivity contribution is 6.29. The average molecular weight is 332 g/mol. The summed E-state index contributed by atoms with van der Waals surface area (Å²) in [6.07, 6.45) is -2.08. The Kier molecular flexibility index (Phi) is 5.20. The zero-order valence-electron chi connectivity index (χ0n) is 11.3. The van der Waals surface area contributed by atoms with Crippen LogP contribution in [0.1, 0.15) is 6.42 Å². The SMILES string of the molecule is OCCC(Nc1cc(Cl)ncc1-c1ccccn1)C(F)(F)F. The molecule has 0 saturated heterocycles. The molecule has 0 fully saturated rings. The molecule has 4 nitrogen and oxygen atoms in total. The molecular formula is C14H13ClF3N3O.